The van der Waals surface area contributed by atoms with Crippen LogP contribution in [0.15, 0.2) is 73.1 Å². The lowest BCUT2D eigenvalue weighted by atomic mass is 10.1. The van der Waals surface area contributed by atoms with Gasteiger partial charge in [0.15, 0.2) is 0 Å². The van der Waals surface area contributed by atoms with Gasteiger partial charge in [-0.3, -0.25) is 14.5 Å². The summed E-state index contributed by atoms with van der Waals surface area (Å²) in [6, 6.07) is 19.7. The van der Waals surface area contributed by atoms with Crippen LogP contribution in [0.4, 0.5) is 0 Å². The second kappa shape index (κ2) is 8.08. The van der Waals surface area contributed by atoms with Crippen molar-refractivity contribution in [1.82, 2.24) is 20.1 Å². The van der Waals surface area contributed by atoms with Crippen molar-refractivity contribution in [3.05, 3.63) is 95.4 Å². The summed E-state index contributed by atoms with van der Waals surface area (Å²) in [5, 5.41) is 8.62. The molecule has 3 heterocycles. The maximum atomic E-state index is 12.8. The number of aromatic nitrogens is 3. The number of ether oxygens (including phenoxy) is 1. The summed E-state index contributed by atoms with van der Waals surface area (Å²) < 4.78 is 7.90. The van der Waals surface area contributed by atoms with E-state index in [4.69, 9.17) is 9.84 Å². The molecule has 2 aromatic carbocycles. The summed E-state index contributed by atoms with van der Waals surface area (Å²) in [6.45, 7) is 1.73. The number of rotatable bonds is 5. The van der Waals surface area contributed by atoms with Gasteiger partial charge in [0.1, 0.15) is 6.10 Å². The van der Waals surface area contributed by atoms with Gasteiger partial charge in [-0.25, -0.2) is 0 Å². The Balaban J connectivity index is 1.31. The molecule has 0 radical (unpaired) electrons. The molecule has 0 saturated carbocycles. The van der Waals surface area contributed by atoms with E-state index in [0.29, 0.717) is 18.7 Å². The SMILES string of the molecule is O=C(NC[C@H]1OCCc2cn(Cc3ccccc3)nc21)c1ccnc2ccccc12. The van der Waals surface area contributed by atoms with E-state index in [1.54, 1.807) is 12.3 Å². The van der Waals surface area contributed by atoms with E-state index in [2.05, 4.69) is 28.6 Å². The molecule has 1 amide bonds. The third-order valence-electron chi connectivity index (χ3n) is 5.39. The fourth-order valence-corrected chi connectivity index (χ4v) is 3.91. The minimum Gasteiger partial charge on any atom is -0.370 e. The van der Waals surface area contributed by atoms with Gasteiger partial charge in [0.2, 0.25) is 0 Å². The summed E-state index contributed by atoms with van der Waals surface area (Å²) in [7, 11) is 0. The first kappa shape index (κ1) is 18.5. The summed E-state index contributed by atoms with van der Waals surface area (Å²) in [6.07, 6.45) is 4.35. The largest absolute Gasteiger partial charge is 0.370 e. The van der Waals surface area contributed by atoms with Gasteiger partial charge >= 0.3 is 0 Å². The second-order valence-electron chi connectivity index (χ2n) is 7.42. The molecule has 6 nitrogen and oxygen atoms in total. The number of para-hydroxylation sites is 1. The molecule has 1 aliphatic heterocycles. The number of fused-ring (bicyclic) bond motifs is 2. The van der Waals surface area contributed by atoms with Crippen LogP contribution in [0.3, 0.4) is 0 Å². The van der Waals surface area contributed by atoms with Gasteiger partial charge in [-0.05, 0) is 29.7 Å². The van der Waals surface area contributed by atoms with Crippen LogP contribution in [-0.4, -0.2) is 33.8 Å². The Labute approximate surface area is 174 Å². The highest BCUT2D eigenvalue weighted by Crippen LogP contribution is 2.26. The quantitative estimate of drug-likeness (QED) is 0.558. The van der Waals surface area contributed by atoms with Crippen molar-refractivity contribution in [2.75, 3.05) is 13.2 Å². The Hall–Kier alpha value is -3.51. The molecule has 5 rings (SSSR count). The predicted molar refractivity (Wildman–Crippen MR) is 114 cm³/mol. The highest BCUT2D eigenvalue weighted by molar-refractivity contribution is 6.05. The summed E-state index contributed by atoms with van der Waals surface area (Å²) in [5.74, 6) is -0.131. The van der Waals surface area contributed by atoms with E-state index >= 15 is 0 Å². The fraction of sp³-hybridized carbons (Fsp3) is 0.208. The van der Waals surface area contributed by atoms with Crippen molar-refractivity contribution < 1.29 is 9.53 Å². The first-order chi connectivity index (χ1) is 14.8. The van der Waals surface area contributed by atoms with Crippen molar-refractivity contribution in [2.45, 2.75) is 19.1 Å². The number of nitrogens with one attached hydrogen (secondary N) is 1. The third-order valence-corrected chi connectivity index (χ3v) is 5.39. The van der Waals surface area contributed by atoms with E-state index in [0.717, 1.165) is 29.6 Å². The summed E-state index contributed by atoms with van der Waals surface area (Å²) >= 11 is 0. The number of benzene rings is 2. The zero-order valence-corrected chi connectivity index (χ0v) is 16.5. The Kier molecular flexibility index (Phi) is 4.99. The average Bonchev–Trinajstić information content (AvgIpc) is 3.20. The van der Waals surface area contributed by atoms with Gasteiger partial charge in [0.05, 0.1) is 29.9 Å². The van der Waals surface area contributed by atoms with Crippen molar-refractivity contribution >= 4 is 16.8 Å². The first-order valence-electron chi connectivity index (χ1n) is 10.1. The van der Waals surface area contributed by atoms with E-state index in [1.165, 1.54) is 11.1 Å². The van der Waals surface area contributed by atoms with E-state index in [-0.39, 0.29) is 12.0 Å². The van der Waals surface area contributed by atoms with Crippen LogP contribution in [0.25, 0.3) is 10.9 Å². The molecule has 0 bridgehead atoms. The number of hydrogen-bond donors (Lipinski definition) is 1. The van der Waals surface area contributed by atoms with Crippen LogP contribution >= 0.6 is 0 Å². The molecule has 1 atom stereocenters. The molecule has 0 saturated heterocycles. The fourth-order valence-electron chi connectivity index (χ4n) is 3.91. The Morgan fingerprint density at radius 2 is 1.93 bits per heavy atom. The van der Waals surface area contributed by atoms with E-state index in [9.17, 15) is 4.79 Å². The number of pyridine rings is 1. The Morgan fingerprint density at radius 1 is 1.10 bits per heavy atom. The lowest BCUT2D eigenvalue weighted by Crippen LogP contribution is -2.32. The van der Waals surface area contributed by atoms with Gasteiger partial charge in [-0.2, -0.15) is 5.10 Å². The topological polar surface area (TPSA) is 69.0 Å². The molecular formula is C24H22N4O2. The van der Waals surface area contributed by atoms with E-state index in [1.807, 2.05) is 47.1 Å². The summed E-state index contributed by atoms with van der Waals surface area (Å²) in [4.78, 5) is 17.2. The summed E-state index contributed by atoms with van der Waals surface area (Å²) in [5.41, 5.74) is 4.72. The normalized spacial score (nSPS) is 15.7. The molecule has 2 aromatic heterocycles. The Morgan fingerprint density at radius 3 is 2.83 bits per heavy atom. The third kappa shape index (κ3) is 3.69. The highest BCUT2D eigenvalue weighted by atomic mass is 16.5. The van der Waals surface area contributed by atoms with Gasteiger partial charge in [0, 0.05) is 24.3 Å². The molecule has 6 heteroatoms. The number of nitrogens with zero attached hydrogens (tertiary/aromatic N) is 3. The van der Waals surface area contributed by atoms with Crippen LogP contribution in [0, 0.1) is 0 Å². The van der Waals surface area contributed by atoms with Gasteiger partial charge < -0.3 is 10.1 Å². The highest BCUT2D eigenvalue weighted by Gasteiger charge is 2.25. The Bertz CT molecular complexity index is 1180. The molecular weight excluding hydrogens is 376 g/mol. The van der Waals surface area contributed by atoms with Crippen LogP contribution < -0.4 is 5.32 Å². The van der Waals surface area contributed by atoms with Crippen molar-refractivity contribution in [3.63, 3.8) is 0 Å². The van der Waals surface area contributed by atoms with E-state index < -0.39 is 0 Å². The molecule has 1 aliphatic rings. The number of hydrogen-bond acceptors (Lipinski definition) is 4. The molecule has 0 spiro atoms. The zero-order chi connectivity index (χ0) is 20.3. The predicted octanol–water partition coefficient (Wildman–Crippen LogP) is 3.52. The molecule has 4 aromatic rings. The molecule has 1 N–H and O–H groups in total. The van der Waals surface area contributed by atoms with Gasteiger partial charge in [-0.15, -0.1) is 0 Å². The zero-order valence-electron chi connectivity index (χ0n) is 16.5. The second-order valence-corrected chi connectivity index (χ2v) is 7.42. The lowest BCUT2D eigenvalue weighted by molar-refractivity contribution is 0.0383. The minimum atomic E-state index is -0.247. The maximum absolute atomic E-state index is 12.8. The number of carbonyl (C=O) groups is 1. The van der Waals surface area contributed by atoms with Crippen LogP contribution in [0.1, 0.15) is 33.3 Å². The molecule has 0 aliphatic carbocycles. The molecule has 0 unspecified atom stereocenters. The molecule has 0 fully saturated rings. The van der Waals surface area contributed by atoms with Crippen molar-refractivity contribution in [3.8, 4) is 0 Å². The van der Waals surface area contributed by atoms with Gasteiger partial charge in [0.25, 0.3) is 5.91 Å². The van der Waals surface area contributed by atoms with Crippen LogP contribution in [-0.2, 0) is 17.7 Å². The smallest absolute Gasteiger partial charge is 0.252 e. The van der Waals surface area contributed by atoms with Crippen molar-refractivity contribution in [2.24, 2.45) is 0 Å². The van der Waals surface area contributed by atoms with Gasteiger partial charge in [-0.1, -0.05) is 48.5 Å². The monoisotopic (exact) mass is 398 g/mol. The first-order valence-corrected chi connectivity index (χ1v) is 10.1. The molecule has 150 valence electrons. The maximum Gasteiger partial charge on any atom is 0.252 e. The lowest BCUT2D eigenvalue weighted by Gasteiger charge is -2.22. The minimum absolute atomic E-state index is 0.131. The van der Waals surface area contributed by atoms with Crippen LogP contribution in [0.2, 0.25) is 0 Å². The van der Waals surface area contributed by atoms with Crippen LogP contribution in [0.5, 0.6) is 0 Å². The number of carbonyl (C=O) groups excluding carboxylic acids is 1. The number of amides is 1. The standard InChI is InChI=1S/C24H22N4O2/c29-24(20-10-12-25-21-9-5-4-8-19(20)21)26-14-22-23-18(11-13-30-22)16-28(27-23)15-17-6-2-1-3-7-17/h1-10,12,16,22H,11,13-15H2,(H,26,29)/t22-/m1/s1. The average molecular weight is 398 g/mol. The molecule has 30 heavy (non-hydrogen) atoms. The van der Waals surface area contributed by atoms with Crippen molar-refractivity contribution in [1.29, 1.82) is 0 Å².